The molecule has 0 fully saturated rings. The summed E-state index contributed by atoms with van der Waals surface area (Å²) in [6, 6.07) is 27.6. The Balaban J connectivity index is 2.26. The highest BCUT2D eigenvalue weighted by molar-refractivity contribution is 5.98. The number of amides is 1. The van der Waals surface area contributed by atoms with Crippen LogP contribution in [0.15, 0.2) is 91.0 Å². The van der Waals surface area contributed by atoms with Crippen LogP contribution >= 0.6 is 0 Å². The third kappa shape index (κ3) is 3.99. The summed E-state index contributed by atoms with van der Waals surface area (Å²) in [6.45, 7) is 3.76. The molecule has 4 nitrogen and oxygen atoms in total. The first-order valence-corrected chi connectivity index (χ1v) is 10.2. The second kappa shape index (κ2) is 9.40. The topological polar surface area (TPSA) is 66.4 Å². The molecule has 0 saturated heterocycles. The van der Waals surface area contributed by atoms with E-state index in [0.29, 0.717) is 6.42 Å². The lowest BCUT2D eigenvalue weighted by molar-refractivity contribution is -0.143. The van der Waals surface area contributed by atoms with E-state index in [0.717, 1.165) is 16.7 Å². The summed E-state index contributed by atoms with van der Waals surface area (Å²) >= 11 is 0. The van der Waals surface area contributed by atoms with Gasteiger partial charge in [0.25, 0.3) is 0 Å². The van der Waals surface area contributed by atoms with Crippen molar-refractivity contribution >= 4 is 11.9 Å². The largest absolute Gasteiger partial charge is 0.480 e. The van der Waals surface area contributed by atoms with Crippen molar-refractivity contribution in [2.45, 2.75) is 31.7 Å². The first-order valence-electron chi connectivity index (χ1n) is 10.2. The average Bonchev–Trinajstić information content (AvgIpc) is 2.79. The molecule has 0 aromatic heterocycles. The quantitative estimate of drug-likeness (QED) is 0.541. The molecule has 2 N–H and O–H groups in total. The number of carbonyl (C=O) groups excluding carboxylic acids is 1. The molecule has 0 unspecified atom stereocenters. The molecule has 3 aromatic rings. The van der Waals surface area contributed by atoms with Crippen LogP contribution in [-0.2, 0) is 15.0 Å². The predicted molar refractivity (Wildman–Crippen MR) is 118 cm³/mol. The van der Waals surface area contributed by atoms with Crippen LogP contribution in [0.4, 0.5) is 0 Å². The van der Waals surface area contributed by atoms with Crippen molar-refractivity contribution < 1.29 is 14.7 Å². The maximum absolute atomic E-state index is 14.0. The second-order valence-electron chi connectivity index (χ2n) is 7.52. The molecule has 0 aliphatic heterocycles. The predicted octanol–water partition coefficient (Wildman–Crippen LogP) is 4.64. The normalized spacial score (nSPS) is 13.3. The maximum atomic E-state index is 14.0. The second-order valence-corrected chi connectivity index (χ2v) is 7.52. The summed E-state index contributed by atoms with van der Waals surface area (Å²) in [5.74, 6) is -1.58. The van der Waals surface area contributed by atoms with Crippen molar-refractivity contribution in [2.75, 3.05) is 0 Å². The zero-order valence-electron chi connectivity index (χ0n) is 17.3. The average molecular weight is 402 g/mol. The molecule has 0 heterocycles. The molecular formula is C26H27NO3. The van der Waals surface area contributed by atoms with Crippen molar-refractivity contribution in [3.05, 3.63) is 108 Å². The van der Waals surface area contributed by atoms with Crippen molar-refractivity contribution in [1.82, 2.24) is 5.32 Å². The minimum atomic E-state index is -1.18. The fraction of sp³-hybridized carbons (Fsp3) is 0.231. The molecule has 1 amide bonds. The number of rotatable bonds is 8. The molecule has 2 atom stereocenters. The van der Waals surface area contributed by atoms with Crippen molar-refractivity contribution in [1.29, 1.82) is 0 Å². The summed E-state index contributed by atoms with van der Waals surface area (Å²) in [6.07, 6.45) is 0.645. The Labute approximate surface area is 177 Å². The standard InChI is InChI=1S/C26H27NO3/c1-3-19(2)23(24(28)29)27-25(30)26(20-13-7-4-8-14-20,21-15-9-5-10-16-21)22-17-11-6-12-18-22/h4-19,23H,3H2,1-2H3,(H,27,30)(H,28,29)/t19-,23-/m0/s1. The van der Waals surface area contributed by atoms with Gasteiger partial charge in [-0.2, -0.15) is 0 Å². The molecule has 0 aliphatic rings. The number of carboxylic acid groups (broad SMARTS) is 1. The SMILES string of the molecule is CC[C@H](C)[C@H](NC(=O)C(c1ccccc1)(c1ccccc1)c1ccccc1)C(=O)O. The lowest BCUT2D eigenvalue weighted by atomic mass is 9.68. The van der Waals surface area contributed by atoms with Crippen LogP contribution in [-0.4, -0.2) is 23.0 Å². The highest BCUT2D eigenvalue weighted by Crippen LogP contribution is 2.39. The van der Waals surface area contributed by atoms with E-state index in [1.54, 1.807) is 0 Å². The summed E-state index contributed by atoms with van der Waals surface area (Å²) in [5.41, 5.74) is 1.18. The van der Waals surface area contributed by atoms with Gasteiger partial charge in [-0.15, -0.1) is 0 Å². The number of carboxylic acids is 1. The highest BCUT2D eigenvalue weighted by Gasteiger charge is 2.45. The van der Waals surface area contributed by atoms with E-state index in [9.17, 15) is 14.7 Å². The Morgan fingerprint density at radius 3 is 1.47 bits per heavy atom. The molecule has 30 heavy (non-hydrogen) atoms. The van der Waals surface area contributed by atoms with E-state index >= 15 is 0 Å². The molecule has 0 saturated carbocycles. The van der Waals surface area contributed by atoms with E-state index in [1.807, 2.05) is 105 Å². The Kier molecular flexibility index (Phi) is 6.68. The van der Waals surface area contributed by atoms with Crippen LogP contribution in [0.5, 0.6) is 0 Å². The molecule has 154 valence electrons. The van der Waals surface area contributed by atoms with Gasteiger partial charge in [0.1, 0.15) is 11.5 Å². The summed E-state index contributed by atoms with van der Waals surface area (Å²) in [4.78, 5) is 26.0. The number of aliphatic carboxylic acids is 1. The molecule has 0 aliphatic carbocycles. The maximum Gasteiger partial charge on any atom is 0.326 e. The van der Waals surface area contributed by atoms with Gasteiger partial charge in [-0.1, -0.05) is 111 Å². The third-order valence-corrected chi connectivity index (χ3v) is 5.73. The van der Waals surface area contributed by atoms with Gasteiger partial charge >= 0.3 is 5.97 Å². The molecule has 4 heteroatoms. The fourth-order valence-electron chi connectivity index (χ4n) is 3.89. The zero-order chi connectivity index (χ0) is 21.6. The number of hydrogen-bond acceptors (Lipinski definition) is 2. The summed E-state index contributed by atoms with van der Waals surface area (Å²) in [5, 5.41) is 12.7. The van der Waals surface area contributed by atoms with Crippen LogP contribution in [0.1, 0.15) is 37.0 Å². The van der Waals surface area contributed by atoms with E-state index in [-0.39, 0.29) is 11.8 Å². The van der Waals surface area contributed by atoms with E-state index in [2.05, 4.69) is 5.32 Å². The van der Waals surface area contributed by atoms with Gasteiger partial charge in [0, 0.05) is 0 Å². The number of carbonyl (C=O) groups is 2. The van der Waals surface area contributed by atoms with Crippen LogP contribution < -0.4 is 5.32 Å². The zero-order valence-corrected chi connectivity index (χ0v) is 17.3. The molecule has 3 aromatic carbocycles. The van der Waals surface area contributed by atoms with Crippen LogP contribution in [0.3, 0.4) is 0 Å². The lowest BCUT2D eigenvalue weighted by Gasteiger charge is -2.36. The van der Waals surface area contributed by atoms with Gasteiger partial charge in [0.05, 0.1) is 0 Å². The first kappa shape index (κ1) is 21.3. The van der Waals surface area contributed by atoms with Gasteiger partial charge < -0.3 is 10.4 Å². The minimum Gasteiger partial charge on any atom is -0.480 e. The van der Waals surface area contributed by atoms with Crippen LogP contribution in [0.25, 0.3) is 0 Å². The number of hydrogen-bond donors (Lipinski definition) is 2. The highest BCUT2D eigenvalue weighted by atomic mass is 16.4. The summed E-state index contributed by atoms with van der Waals surface area (Å²) in [7, 11) is 0. The van der Waals surface area contributed by atoms with Crippen molar-refractivity contribution in [3.63, 3.8) is 0 Å². The lowest BCUT2D eigenvalue weighted by Crippen LogP contribution is -2.53. The summed E-state index contributed by atoms with van der Waals surface area (Å²) < 4.78 is 0. The van der Waals surface area contributed by atoms with Gasteiger partial charge in [-0.05, 0) is 22.6 Å². The molecule has 3 rings (SSSR count). The fourth-order valence-corrected chi connectivity index (χ4v) is 3.89. The Bertz CT molecular complexity index is 874. The minimum absolute atomic E-state index is 0.202. The van der Waals surface area contributed by atoms with Gasteiger partial charge in [0.15, 0.2) is 0 Å². The first-order chi connectivity index (χ1) is 14.5. The van der Waals surface area contributed by atoms with Crippen molar-refractivity contribution in [3.8, 4) is 0 Å². The van der Waals surface area contributed by atoms with Gasteiger partial charge in [0.2, 0.25) is 5.91 Å². The van der Waals surface area contributed by atoms with Gasteiger partial charge in [-0.3, -0.25) is 4.79 Å². The molecular weight excluding hydrogens is 374 g/mol. The number of nitrogens with one attached hydrogen (secondary N) is 1. The van der Waals surface area contributed by atoms with Gasteiger partial charge in [-0.25, -0.2) is 4.79 Å². The smallest absolute Gasteiger partial charge is 0.326 e. The Morgan fingerprint density at radius 1 is 0.800 bits per heavy atom. The third-order valence-electron chi connectivity index (χ3n) is 5.73. The van der Waals surface area contributed by atoms with E-state index < -0.39 is 17.4 Å². The van der Waals surface area contributed by atoms with E-state index in [4.69, 9.17) is 0 Å². The van der Waals surface area contributed by atoms with E-state index in [1.165, 1.54) is 0 Å². The monoisotopic (exact) mass is 401 g/mol. The Hall–Kier alpha value is -3.40. The Morgan fingerprint density at radius 2 is 1.17 bits per heavy atom. The molecule has 0 spiro atoms. The van der Waals surface area contributed by atoms with Crippen LogP contribution in [0.2, 0.25) is 0 Å². The molecule has 0 bridgehead atoms. The van der Waals surface area contributed by atoms with Crippen LogP contribution in [0, 0.1) is 5.92 Å². The number of benzene rings is 3. The molecule has 0 radical (unpaired) electrons. The van der Waals surface area contributed by atoms with Crippen molar-refractivity contribution in [2.24, 2.45) is 5.92 Å².